The summed E-state index contributed by atoms with van der Waals surface area (Å²) in [5.74, 6) is 0. The van der Waals surface area contributed by atoms with Gasteiger partial charge in [0, 0.05) is 25.3 Å². The fourth-order valence-corrected chi connectivity index (χ4v) is 2.09. The van der Waals surface area contributed by atoms with Gasteiger partial charge in [-0.05, 0) is 26.0 Å². The highest BCUT2D eigenvalue weighted by Gasteiger charge is 2.25. The van der Waals surface area contributed by atoms with Gasteiger partial charge >= 0.3 is 0 Å². The summed E-state index contributed by atoms with van der Waals surface area (Å²) in [6.45, 7) is 6.41. The maximum Gasteiger partial charge on any atom is 0.0772 e. The molecule has 0 aromatic carbocycles. The molecule has 88 valence electrons. The smallest absolute Gasteiger partial charge is 0.0772 e. The molecule has 0 saturated carbocycles. The summed E-state index contributed by atoms with van der Waals surface area (Å²) in [5.41, 5.74) is 7.82. The van der Waals surface area contributed by atoms with Crippen molar-refractivity contribution in [2.75, 3.05) is 18.1 Å². The summed E-state index contributed by atoms with van der Waals surface area (Å²) < 4.78 is 5.62. The first-order chi connectivity index (χ1) is 7.72. The van der Waals surface area contributed by atoms with E-state index in [1.165, 1.54) is 0 Å². The highest BCUT2D eigenvalue weighted by Crippen LogP contribution is 2.23. The minimum absolute atomic E-state index is 0.266. The van der Waals surface area contributed by atoms with E-state index in [1.54, 1.807) is 6.20 Å². The first kappa shape index (κ1) is 11.4. The van der Waals surface area contributed by atoms with Crippen molar-refractivity contribution in [1.29, 1.82) is 0 Å². The molecule has 4 nitrogen and oxygen atoms in total. The molecule has 0 amide bonds. The summed E-state index contributed by atoms with van der Waals surface area (Å²) in [6.07, 6.45) is 2.06. The number of hydrogen-bond acceptors (Lipinski definition) is 4. The Hall–Kier alpha value is -1.13. The Morgan fingerprint density at radius 2 is 2.38 bits per heavy atom. The molecule has 4 heteroatoms. The van der Waals surface area contributed by atoms with Gasteiger partial charge in [-0.25, -0.2) is 0 Å². The molecule has 2 heterocycles. The number of rotatable bonds is 2. The first-order valence-electron chi connectivity index (χ1n) is 5.74. The van der Waals surface area contributed by atoms with Crippen LogP contribution in [0.15, 0.2) is 18.3 Å². The lowest BCUT2D eigenvalue weighted by atomic mass is 10.1. The van der Waals surface area contributed by atoms with Gasteiger partial charge in [0.25, 0.3) is 0 Å². The predicted molar refractivity (Wildman–Crippen MR) is 64.4 cm³/mol. The van der Waals surface area contributed by atoms with E-state index in [2.05, 4.69) is 29.8 Å². The Balaban J connectivity index is 2.27. The molecule has 0 aliphatic carbocycles. The van der Waals surface area contributed by atoms with E-state index >= 15 is 0 Å². The van der Waals surface area contributed by atoms with E-state index in [9.17, 15) is 0 Å². The van der Waals surface area contributed by atoms with Crippen molar-refractivity contribution in [2.45, 2.75) is 32.5 Å². The SMILES string of the molecule is CC1CN(c2cccnc2CN)C(C)CO1. The predicted octanol–water partition coefficient (Wildman–Crippen LogP) is 1.15. The Morgan fingerprint density at radius 1 is 1.56 bits per heavy atom. The molecule has 0 spiro atoms. The third-order valence-electron chi connectivity index (χ3n) is 2.98. The van der Waals surface area contributed by atoms with Crippen LogP contribution in [0.1, 0.15) is 19.5 Å². The van der Waals surface area contributed by atoms with Crippen molar-refractivity contribution in [3.05, 3.63) is 24.0 Å². The number of morpholine rings is 1. The third-order valence-corrected chi connectivity index (χ3v) is 2.98. The molecule has 16 heavy (non-hydrogen) atoms. The molecule has 1 aliphatic heterocycles. The van der Waals surface area contributed by atoms with Gasteiger partial charge < -0.3 is 15.4 Å². The Bertz CT molecular complexity index is 356. The van der Waals surface area contributed by atoms with Crippen molar-refractivity contribution >= 4 is 5.69 Å². The van der Waals surface area contributed by atoms with E-state index in [-0.39, 0.29) is 6.10 Å². The van der Waals surface area contributed by atoms with Crippen molar-refractivity contribution in [3.8, 4) is 0 Å². The second-order valence-electron chi connectivity index (χ2n) is 4.32. The number of hydrogen-bond donors (Lipinski definition) is 1. The lowest BCUT2D eigenvalue weighted by Crippen LogP contribution is -2.48. The number of nitrogens with two attached hydrogens (primary N) is 1. The maximum absolute atomic E-state index is 5.72. The fourth-order valence-electron chi connectivity index (χ4n) is 2.09. The van der Waals surface area contributed by atoms with Gasteiger partial charge in [-0.3, -0.25) is 4.98 Å². The zero-order chi connectivity index (χ0) is 11.5. The number of pyridine rings is 1. The second-order valence-corrected chi connectivity index (χ2v) is 4.32. The molecule has 1 aliphatic rings. The summed E-state index contributed by atoms with van der Waals surface area (Å²) in [4.78, 5) is 6.66. The van der Waals surface area contributed by atoms with Crippen LogP contribution in [0.3, 0.4) is 0 Å². The van der Waals surface area contributed by atoms with Crippen molar-refractivity contribution in [3.63, 3.8) is 0 Å². The number of ether oxygens (including phenoxy) is 1. The summed E-state index contributed by atoms with van der Waals surface area (Å²) in [7, 11) is 0. The fraction of sp³-hybridized carbons (Fsp3) is 0.583. The van der Waals surface area contributed by atoms with Gasteiger partial charge in [0.15, 0.2) is 0 Å². The number of aromatic nitrogens is 1. The molecular formula is C12H19N3O. The van der Waals surface area contributed by atoms with E-state index in [4.69, 9.17) is 10.5 Å². The van der Waals surface area contributed by atoms with E-state index < -0.39 is 0 Å². The van der Waals surface area contributed by atoms with E-state index in [0.29, 0.717) is 12.6 Å². The van der Waals surface area contributed by atoms with Gasteiger partial charge in [0.05, 0.1) is 24.1 Å². The maximum atomic E-state index is 5.72. The molecule has 2 unspecified atom stereocenters. The highest BCUT2D eigenvalue weighted by atomic mass is 16.5. The van der Waals surface area contributed by atoms with Crippen LogP contribution >= 0.6 is 0 Å². The summed E-state index contributed by atoms with van der Waals surface area (Å²) in [5, 5.41) is 0. The average molecular weight is 221 g/mol. The van der Waals surface area contributed by atoms with Crippen LogP contribution in [0.25, 0.3) is 0 Å². The van der Waals surface area contributed by atoms with E-state index in [0.717, 1.165) is 24.5 Å². The minimum Gasteiger partial charge on any atom is -0.375 e. The molecule has 2 rings (SSSR count). The molecule has 1 fully saturated rings. The molecule has 1 saturated heterocycles. The van der Waals surface area contributed by atoms with Crippen LogP contribution in [-0.4, -0.2) is 30.3 Å². The molecule has 2 N–H and O–H groups in total. The molecular weight excluding hydrogens is 202 g/mol. The monoisotopic (exact) mass is 221 g/mol. The van der Waals surface area contributed by atoms with Crippen molar-refractivity contribution in [2.24, 2.45) is 5.73 Å². The third kappa shape index (κ3) is 2.18. The standard InChI is InChI=1S/C12H19N3O/c1-9-8-16-10(2)7-15(9)12-4-3-5-14-11(12)6-13/h3-5,9-10H,6-8,13H2,1-2H3. The van der Waals surface area contributed by atoms with Gasteiger partial charge in [-0.15, -0.1) is 0 Å². The quantitative estimate of drug-likeness (QED) is 0.814. The lowest BCUT2D eigenvalue weighted by Gasteiger charge is -2.39. The zero-order valence-electron chi connectivity index (χ0n) is 9.89. The van der Waals surface area contributed by atoms with Crippen LogP contribution in [0.4, 0.5) is 5.69 Å². The molecule has 0 radical (unpaired) electrons. The van der Waals surface area contributed by atoms with Crippen LogP contribution in [0, 0.1) is 0 Å². The van der Waals surface area contributed by atoms with Crippen LogP contribution in [0.2, 0.25) is 0 Å². The molecule has 1 aromatic heterocycles. The Labute approximate surface area is 96.4 Å². The Kier molecular flexibility index (Phi) is 3.41. The number of anilines is 1. The Morgan fingerprint density at radius 3 is 3.12 bits per heavy atom. The van der Waals surface area contributed by atoms with Crippen molar-refractivity contribution in [1.82, 2.24) is 4.98 Å². The second kappa shape index (κ2) is 4.80. The topological polar surface area (TPSA) is 51.4 Å². The summed E-state index contributed by atoms with van der Waals surface area (Å²) >= 11 is 0. The van der Waals surface area contributed by atoms with Crippen LogP contribution in [0.5, 0.6) is 0 Å². The lowest BCUT2D eigenvalue weighted by molar-refractivity contribution is 0.0343. The average Bonchev–Trinajstić information content (AvgIpc) is 2.32. The highest BCUT2D eigenvalue weighted by molar-refractivity contribution is 5.51. The van der Waals surface area contributed by atoms with Crippen molar-refractivity contribution < 1.29 is 4.74 Å². The van der Waals surface area contributed by atoms with Gasteiger partial charge in [0.2, 0.25) is 0 Å². The largest absolute Gasteiger partial charge is 0.375 e. The first-order valence-corrected chi connectivity index (χ1v) is 5.74. The minimum atomic E-state index is 0.266. The van der Waals surface area contributed by atoms with E-state index in [1.807, 2.05) is 6.07 Å². The molecule has 0 bridgehead atoms. The summed E-state index contributed by atoms with van der Waals surface area (Å²) in [6, 6.07) is 4.43. The van der Waals surface area contributed by atoms with Gasteiger partial charge in [-0.2, -0.15) is 0 Å². The zero-order valence-corrected chi connectivity index (χ0v) is 9.89. The molecule has 2 atom stereocenters. The van der Waals surface area contributed by atoms with Crippen LogP contribution in [-0.2, 0) is 11.3 Å². The molecule has 1 aromatic rings. The van der Waals surface area contributed by atoms with Gasteiger partial charge in [0.1, 0.15) is 0 Å². The normalized spacial score (nSPS) is 25.8. The number of nitrogens with zero attached hydrogens (tertiary/aromatic N) is 2. The van der Waals surface area contributed by atoms with Gasteiger partial charge in [-0.1, -0.05) is 0 Å². The van der Waals surface area contributed by atoms with Crippen LogP contribution < -0.4 is 10.6 Å².